The van der Waals surface area contributed by atoms with E-state index in [2.05, 4.69) is 22.3 Å². The summed E-state index contributed by atoms with van der Waals surface area (Å²) in [6, 6.07) is 1.84. The van der Waals surface area contributed by atoms with Gasteiger partial charge >= 0.3 is 0 Å². The van der Waals surface area contributed by atoms with Crippen molar-refractivity contribution in [3.05, 3.63) is 23.5 Å². The van der Waals surface area contributed by atoms with Gasteiger partial charge in [-0.25, -0.2) is 4.98 Å². The molecule has 0 bridgehead atoms. The molecule has 2 aromatic rings. The highest BCUT2D eigenvalue weighted by molar-refractivity contribution is 5.97. The van der Waals surface area contributed by atoms with E-state index in [-0.39, 0.29) is 5.91 Å². The number of unbranched alkanes of at least 4 members (excludes halogenated alkanes) is 1. The van der Waals surface area contributed by atoms with Crippen molar-refractivity contribution in [1.82, 2.24) is 20.1 Å². The minimum Gasteiger partial charge on any atom is -0.381 e. The van der Waals surface area contributed by atoms with Gasteiger partial charge in [0.25, 0.3) is 5.91 Å². The number of ether oxygens (including phenoxy) is 1. The number of fused-ring (bicyclic) bond motifs is 1. The van der Waals surface area contributed by atoms with Crippen molar-refractivity contribution in [2.24, 2.45) is 7.05 Å². The molecule has 6 nitrogen and oxygen atoms in total. The molecule has 1 amide bonds. The predicted octanol–water partition coefficient (Wildman–Crippen LogP) is 2.21. The molecule has 22 heavy (non-hydrogen) atoms. The van der Waals surface area contributed by atoms with Gasteiger partial charge in [0, 0.05) is 38.4 Å². The lowest BCUT2D eigenvalue weighted by atomic mass is 10.2. The Labute approximate surface area is 130 Å². The van der Waals surface area contributed by atoms with Crippen LogP contribution < -0.4 is 5.32 Å². The van der Waals surface area contributed by atoms with Gasteiger partial charge in [-0.05, 0) is 25.8 Å². The van der Waals surface area contributed by atoms with E-state index in [0.717, 1.165) is 42.6 Å². The smallest absolute Gasteiger partial charge is 0.252 e. The molecule has 2 rings (SSSR count). The van der Waals surface area contributed by atoms with E-state index in [9.17, 15) is 4.79 Å². The van der Waals surface area contributed by atoms with Gasteiger partial charge in [0.2, 0.25) is 0 Å². The highest BCUT2D eigenvalue weighted by atomic mass is 16.5. The lowest BCUT2D eigenvalue weighted by Gasteiger charge is -2.06. The van der Waals surface area contributed by atoms with E-state index < -0.39 is 0 Å². The number of aryl methyl sites for hydroxylation is 2. The van der Waals surface area contributed by atoms with Gasteiger partial charge < -0.3 is 10.1 Å². The molecular weight excluding hydrogens is 280 g/mol. The molecule has 0 unspecified atom stereocenters. The van der Waals surface area contributed by atoms with Crippen LogP contribution in [0.3, 0.4) is 0 Å². The summed E-state index contributed by atoms with van der Waals surface area (Å²) in [5.41, 5.74) is 2.23. The van der Waals surface area contributed by atoms with Crippen molar-refractivity contribution in [1.29, 1.82) is 0 Å². The van der Waals surface area contributed by atoms with Gasteiger partial charge in [-0.2, -0.15) is 5.10 Å². The second kappa shape index (κ2) is 7.89. The predicted molar refractivity (Wildman–Crippen MR) is 85.9 cm³/mol. The summed E-state index contributed by atoms with van der Waals surface area (Å²) in [5.74, 6) is -0.105. The third kappa shape index (κ3) is 4.04. The van der Waals surface area contributed by atoms with Crippen molar-refractivity contribution >= 4 is 16.9 Å². The average Bonchev–Trinajstić information content (AvgIpc) is 2.80. The molecule has 1 N–H and O–H groups in total. The first-order valence-corrected chi connectivity index (χ1v) is 7.78. The molecular formula is C16H24N4O2. The maximum Gasteiger partial charge on any atom is 0.252 e. The molecule has 0 aliphatic rings. The lowest BCUT2D eigenvalue weighted by molar-refractivity contribution is 0.0940. The van der Waals surface area contributed by atoms with Crippen molar-refractivity contribution in [2.45, 2.75) is 33.1 Å². The number of carbonyl (C=O) groups excluding carboxylic acids is 1. The molecule has 0 aromatic carbocycles. The van der Waals surface area contributed by atoms with Crippen LogP contribution in [0.25, 0.3) is 11.0 Å². The number of aromatic nitrogens is 3. The average molecular weight is 304 g/mol. The van der Waals surface area contributed by atoms with E-state index in [1.54, 1.807) is 10.9 Å². The zero-order valence-corrected chi connectivity index (χ0v) is 13.6. The molecule has 0 aliphatic carbocycles. The molecule has 120 valence electrons. The highest BCUT2D eigenvalue weighted by Crippen LogP contribution is 2.16. The Morgan fingerprint density at radius 3 is 2.91 bits per heavy atom. The third-order valence-electron chi connectivity index (χ3n) is 3.52. The topological polar surface area (TPSA) is 69.0 Å². The first-order chi connectivity index (χ1) is 10.6. The summed E-state index contributed by atoms with van der Waals surface area (Å²) in [7, 11) is 1.85. The number of nitrogens with one attached hydrogen (secondary N) is 1. The Morgan fingerprint density at radius 2 is 2.14 bits per heavy atom. The van der Waals surface area contributed by atoms with E-state index in [0.29, 0.717) is 18.7 Å². The molecule has 0 radical (unpaired) electrons. The summed E-state index contributed by atoms with van der Waals surface area (Å²) in [6.07, 6.45) is 4.63. The van der Waals surface area contributed by atoms with Gasteiger partial charge in [0.15, 0.2) is 5.65 Å². The van der Waals surface area contributed by atoms with Gasteiger partial charge in [0.05, 0.1) is 11.3 Å². The molecule has 0 saturated heterocycles. The van der Waals surface area contributed by atoms with Crippen LogP contribution in [-0.2, 0) is 11.8 Å². The Kier molecular flexibility index (Phi) is 5.89. The van der Waals surface area contributed by atoms with Crippen LogP contribution in [0.15, 0.2) is 12.3 Å². The first kappa shape index (κ1) is 16.4. The fourth-order valence-electron chi connectivity index (χ4n) is 2.26. The number of hydrogen-bond acceptors (Lipinski definition) is 4. The lowest BCUT2D eigenvalue weighted by Crippen LogP contribution is -2.25. The SMILES string of the molecule is CCCCOCCCNC(=O)c1cnc2c(c1)c(C)nn2C. The van der Waals surface area contributed by atoms with Gasteiger partial charge in [0.1, 0.15) is 0 Å². The van der Waals surface area contributed by atoms with Crippen molar-refractivity contribution < 1.29 is 9.53 Å². The van der Waals surface area contributed by atoms with Crippen LogP contribution in [-0.4, -0.2) is 40.4 Å². The van der Waals surface area contributed by atoms with Crippen molar-refractivity contribution in [3.63, 3.8) is 0 Å². The monoisotopic (exact) mass is 304 g/mol. The molecule has 2 aromatic heterocycles. The second-order valence-electron chi connectivity index (χ2n) is 5.38. The maximum atomic E-state index is 12.1. The van der Waals surface area contributed by atoms with Crippen LogP contribution in [0, 0.1) is 6.92 Å². The van der Waals surface area contributed by atoms with Crippen molar-refractivity contribution in [3.8, 4) is 0 Å². The number of pyridine rings is 1. The van der Waals surface area contributed by atoms with Crippen LogP contribution in [0.4, 0.5) is 0 Å². The zero-order valence-electron chi connectivity index (χ0n) is 13.6. The Hall–Kier alpha value is -1.95. The molecule has 0 fully saturated rings. The van der Waals surface area contributed by atoms with Crippen molar-refractivity contribution in [2.75, 3.05) is 19.8 Å². The summed E-state index contributed by atoms with van der Waals surface area (Å²) < 4.78 is 7.19. The fourth-order valence-corrected chi connectivity index (χ4v) is 2.26. The Balaban J connectivity index is 1.84. The number of carbonyl (C=O) groups is 1. The summed E-state index contributed by atoms with van der Waals surface area (Å²) in [4.78, 5) is 16.4. The van der Waals surface area contributed by atoms with E-state index in [4.69, 9.17) is 4.74 Å². The number of hydrogen-bond donors (Lipinski definition) is 1. The Morgan fingerprint density at radius 1 is 1.36 bits per heavy atom. The van der Waals surface area contributed by atoms with Crippen LogP contribution >= 0.6 is 0 Å². The third-order valence-corrected chi connectivity index (χ3v) is 3.52. The van der Waals surface area contributed by atoms with Gasteiger partial charge in [-0.1, -0.05) is 13.3 Å². The molecule has 0 aliphatic heterocycles. The standard InChI is InChI=1S/C16H24N4O2/c1-4-5-8-22-9-6-7-17-16(21)13-10-14-12(2)19-20(3)15(14)18-11-13/h10-11H,4-9H2,1-3H3,(H,17,21). The van der Waals surface area contributed by atoms with E-state index in [1.807, 2.05) is 20.0 Å². The quantitative estimate of drug-likeness (QED) is 0.759. The fraction of sp³-hybridized carbons (Fsp3) is 0.562. The molecule has 2 heterocycles. The number of rotatable bonds is 8. The highest BCUT2D eigenvalue weighted by Gasteiger charge is 2.11. The summed E-state index contributed by atoms with van der Waals surface area (Å²) in [5, 5.41) is 8.12. The van der Waals surface area contributed by atoms with Crippen LogP contribution in [0.2, 0.25) is 0 Å². The normalized spacial score (nSPS) is 11.0. The minimum absolute atomic E-state index is 0.105. The number of amides is 1. The van der Waals surface area contributed by atoms with Gasteiger partial charge in [-0.3, -0.25) is 9.48 Å². The molecule has 0 spiro atoms. The van der Waals surface area contributed by atoms with Gasteiger partial charge in [-0.15, -0.1) is 0 Å². The maximum absolute atomic E-state index is 12.1. The first-order valence-electron chi connectivity index (χ1n) is 7.78. The largest absolute Gasteiger partial charge is 0.381 e. The number of nitrogens with zero attached hydrogens (tertiary/aromatic N) is 3. The molecule has 0 atom stereocenters. The minimum atomic E-state index is -0.105. The summed E-state index contributed by atoms with van der Waals surface area (Å²) in [6.45, 7) is 6.14. The zero-order chi connectivity index (χ0) is 15.9. The van der Waals surface area contributed by atoms with Crippen LogP contribution in [0.1, 0.15) is 42.2 Å². The summed E-state index contributed by atoms with van der Waals surface area (Å²) >= 11 is 0. The van der Waals surface area contributed by atoms with Crippen LogP contribution in [0.5, 0.6) is 0 Å². The molecule has 0 saturated carbocycles. The second-order valence-corrected chi connectivity index (χ2v) is 5.38. The Bertz CT molecular complexity index is 636. The molecule has 6 heteroatoms. The van der Waals surface area contributed by atoms with E-state index in [1.165, 1.54) is 0 Å². The van der Waals surface area contributed by atoms with E-state index >= 15 is 0 Å².